The van der Waals surface area contributed by atoms with Crippen molar-refractivity contribution in [2.45, 2.75) is 19.4 Å². The zero-order valence-electron chi connectivity index (χ0n) is 13.6. The molecular weight excluding hydrogens is 302 g/mol. The topological polar surface area (TPSA) is 66.2 Å². The lowest BCUT2D eigenvalue weighted by atomic mass is 10.0. The number of hydrogen-bond acceptors (Lipinski definition) is 4. The first kappa shape index (κ1) is 16.2. The Morgan fingerprint density at radius 1 is 1.42 bits per heavy atom. The maximum atomic E-state index is 12.8. The van der Waals surface area contributed by atoms with Crippen molar-refractivity contribution in [3.05, 3.63) is 65.0 Å². The Labute approximate surface area is 141 Å². The number of hydrogen-bond donors (Lipinski definition) is 0. The van der Waals surface area contributed by atoms with Crippen LogP contribution in [-0.2, 0) is 11.2 Å². The van der Waals surface area contributed by atoms with Crippen molar-refractivity contribution < 1.29 is 9.53 Å². The van der Waals surface area contributed by atoms with E-state index in [0.29, 0.717) is 31.0 Å². The molecule has 1 atom stereocenters. The van der Waals surface area contributed by atoms with Crippen LogP contribution in [0.15, 0.2) is 42.6 Å². The lowest BCUT2D eigenvalue weighted by molar-refractivity contribution is -0.0230. The van der Waals surface area contributed by atoms with Crippen LogP contribution in [0.2, 0.25) is 0 Å². The van der Waals surface area contributed by atoms with Crippen LogP contribution in [0.4, 0.5) is 0 Å². The molecule has 1 aromatic carbocycles. The van der Waals surface area contributed by atoms with Gasteiger partial charge in [-0.1, -0.05) is 25.1 Å². The quantitative estimate of drug-likeness (QED) is 0.872. The molecule has 5 nitrogen and oxygen atoms in total. The number of aromatic nitrogens is 1. The second kappa shape index (κ2) is 7.24. The Morgan fingerprint density at radius 3 is 3.08 bits per heavy atom. The number of rotatable bonds is 3. The summed E-state index contributed by atoms with van der Waals surface area (Å²) in [7, 11) is 0. The first-order valence-corrected chi connectivity index (χ1v) is 8.07. The van der Waals surface area contributed by atoms with E-state index in [1.54, 1.807) is 17.2 Å². The molecular formula is C19H19N3O2. The van der Waals surface area contributed by atoms with E-state index in [1.807, 2.05) is 37.3 Å². The largest absolute Gasteiger partial charge is 0.370 e. The van der Waals surface area contributed by atoms with Crippen LogP contribution in [0.3, 0.4) is 0 Å². The first-order valence-electron chi connectivity index (χ1n) is 8.07. The van der Waals surface area contributed by atoms with Crippen LogP contribution in [0, 0.1) is 11.3 Å². The van der Waals surface area contributed by atoms with Gasteiger partial charge in [-0.3, -0.25) is 9.78 Å². The minimum atomic E-state index is -0.218. The van der Waals surface area contributed by atoms with Gasteiger partial charge in [0.05, 0.1) is 24.8 Å². The molecule has 1 amide bonds. The number of pyridine rings is 1. The maximum absolute atomic E-state index is 12.8. The van der Waals surface area contributed by atoms with Crippen LogP contribution < -0.4 is 0 Å². The zero-order chi connectivity index (χ0) is 16.9. The van der Waals surface area contributed by atoms with E-state index in [0.717, 1.165) is 17.5 Å². The minimum Gasteiger partial charge on any atom is -0.370 e. The molecule has 1 aromatic heterocycles. The van der Waals surface area contributed by atoms with Crippen molar-refractivity contribution in [3.63, 3.8) is 0 Å². The van der Waals surface area contributed by atoms with Gasteiger partial charge in [-0.25, -0.2) is 0 Å². The van der Waals surface area contributed by atoms with Gasteiger partial charge in [-0.2, -0.15) is 5.26 Å². The van der Waals surface area contributed by atoms with Crippen molar-refractivity contribution in [3.8, 4) is 6.07 Å². The van der Waals surface area contributed by atoms with Gasteiger partial charge in [-0.15, -0.1) is 0 Å². The van der Waals surface area contributed by atoms with Crippen molar-refractivity contribution in [2.24, 2.45) is 0 Å². The molecule has 5 heteroatoms. The molecule has 0 radical (unpaired) electrons. The summed E-state index contributed by atoms with van der Waals surface area (Å²) in [5.74, 6) is -0.0582. The number of amides is 1. The van der Waals surface area contributed by atoms with Gasteiger partial charge < -0.3 is 9.64 Å². The van der Waals surface area contributed by atoms with Gasteiger partial charge in [0.15, 0.2) is 0 Å². The summed E-state index contributed by atoms with van der Waals surface area (Å²) < 4.78 is 5.81. The van der Waals surface area contributed by atoms with Gasteiger partial charge in [-0.05, 0) is 35.7 Å². The van der Waals surface area contributed by atoms with Gasteiger partial charge >= 0.3 is 0 Å². The minimum absolute atomic E-state index is 0.0582. The van der Waals surface area contributed by atoms with Crippen molar-refractivity contribution in [1.29, 1.82) is 5.26 Å². The molecule has 0 saturated carbocycles. The van der Waals surface area contributed by atoms with Gasteiger partial charge in [0.2, 0.25) is 0 Å². The third-order valence-corrected chi connectivity index (χ3v) is 4.22. The molecule has 3 rings (SSSR count). The van der Waals surface area contributed by atoms with Crippen LogP contribution in [-0.4, -0.2) is 35.5 Å². The number of nitrogens with zero attached hydrogens (tertiary/aromatic N) is 3. The molecule has 1 fully saturated rings. The van der Waals surface area contributed by atoms with E-state index < -0.39 is 0 Å². The van der Waals surface area contributed by atoms with Gasteiger partial charge in [0, 0.05) is 12.7 Å². The van der Waals surface area contributed by atoms with Gasteiger partial charge in [0.1, 0.15) is 11.8 Å². The summed E-state index contributed by atoms with van der Waals surface area (Å²) >= 11 is 0. The van der Waals surface area contributed by atoms with Crippen molar-refractivity contribution >= 4 is 5.91 Å². The second-order valence-electron chi connectivity index (χ2n) is 5.71. The summed E-state index contributed by atoms with van der Waals surface area (Å²) in [6.07, 6.45) is 2.21. The van der Waals surface area contributed by atoms with E-state index >= 15 is 0 Å². The average Bonchev–Trinajstić information content (AvgIpc) is 2.67. The van der Waals surface area contributed by atoms with E-state index in [9.17, 15) is 4.79 Å². The smallest absolute Gasteiger partial charge is 0.272 e. The summed E-state index contributed by atoms with van der Waals surface area (Å²) in [5.41, 5.74) is 2.99. The molecule has 1 aliphatic heterocycles. The van der Waals surface area contributed by atoms with E-state index in [4.69, 9.17) is 10.00 Å². The zero-order valence-corrected chi connectivity index (χ0v) is 13.6. The number of ether oxygens (including phenoxy) is 1. The molecule has 0 aliphatic carbocycles. The Morgan fingerprint density at radius 2 is 2.29 bits per heavy atom. The monoisotopic (exact) mass is 321 g/mol. The number of aryl methyl sites for hydroxylation is 1. The molecule has 2 aromatic rings. The van der Waals surface area contributed by atoms with E-state index in [-0.39, 0.29) is 12.0 Å². The molecule has 0 spiro atoms. The maximum Gasteiger partial charge on any atom is 0.272 e. The Bertz CT molecular complexity index is 782. The molecule has 122 valence electrons. The average molecular weight is 321 g/mol. The normalized spacial score (nSPS) is 17.3. The molecule has 1 unspecified atom stereocenters. The number of morpholine rings is 1. The summed E-state index contributed by atoms with van der Waals surface area (Å²) in [5, 5.41) is 9.04. The van der Waals surface area contributed by atoms with Crippen LogP contribution >= 0.6 is 0 Å². The van der Waals surface area contributed by atoms with Crippen LogP contribution in [0.25, 0.3) is 0 Å². The Balaban J connectivity index is 1.80. The second-order valence-corrected chi connectivity index (χ2v) is 5.71. The third kappa shape index (κ3) is 3.29. The summed E-state index contributed by atoms with van der Waals surface area (Å²) in [6, 6.07) is 13.3. The number of carbonyl (C=O) groups excluding carboxylic acids is 1. The number of benzene rings is 1. The van der Waals surface area contributed by atoms with Crippen molar-refractivity contribution in [2.75, 3.05) is 19.7 Å². The number of carbonyl (C=O) groups is 1. The Hall–Kier alpha value is -2.71. The molecule has 2 heterocycles. The highest BCUT2D eigenvalue weighted by Crippen LogP contribution is 2.24. The molecule has 1 aliphatic rings. The number of nitriles is 1. The highest BCUT2D eigenvalue weighted by molar-refractivity contribution is 5.93. The Kier molecular flexibility index (Phi) is 4.88. The molecule has 0 bridgehead atoms. The SMILES string of the molecule is CCc1cccnc1C(=O)N1CCOC(c2cccc(C#N)c2)C1. The van der Waals surface area contributed by atoms with Crippen LogP contribution in [0.5, 0.6) is 0 Å². The fourth-order valence-electron chi connectivity index (χ4n) is 2.91. The predicted molar refractivity (Wildman–Crippen MR) is 89.4 cm³/mol. The molecule has 1 saturated heterocycles. The van der Waals surface area contributed by atoms with E-state index in [2.05, 4.69) is 11.1 Å². The first-order chi connectivity index (χ1) is 11.7. The molecule has 24 heavy (non-hydrogen) atoms. The fourth-order valence-corrected chi connectivity index (χ4v) is 2.91. The predicted octanol–water partition coefficient (Wildman–Crippen LogP) is 2.73. The lowest BCUT2D eigenvalue weighted by Crippen LogP contribution is -2.42. The van der Waals surface area contributed by atoms with Gasteiger partial charge in [0.25, 0.3) is 5.91 Å². The summed E-state index contributed by atoms with van der Waals surface area (Å²) in [4.78, 5) is 18.9. The van der Waals surface area contributed by atoms with Crippen molar-refractivity contribution in [1.82, 2.24) is 9.88 Å². The van der Waals surface area contributed by atoms with E-state index in [1.165, 1.54) is 0 Å². The molecule has 0 N–H and O–H groups in total. The van der Waals surface area contributed by atoms with Crippen LogP contribution in [0.1, 0.15) is 40.2 Å². The summed E-state index contributed by atoms with van der Waals surface area (Å²) in [6.45, 7) is 3.51. The third-order valence-electron chi connectivity index (χ3n) is 4.22. The highest BCUT2D eigenvalue weighted by atomic mass is 16.5. The fraction of sp³-hybridized carbons (Fsp3) is 0.316. The lowest BCUT2D eigenvalue weighted by Gasteiger charge is -2.33. The highest BCUT2D eigenvalue weighted by Gasteiger charge is 2.27. The standard InChI is InChI=1S/C19H19N3O2/c1-2-15-7-4-8-21-18(15)19(23)22-9-10-24-17(13-22)16-6-3-5-14(11-16)12-20/h3-8,11,17H,2,9-10,13H2,1H3.